The molecule has 0 spiro atoms. The summed E-state index contributed by atoms with van der Waals surface area (Å²) < 4.78 is 44.4. The van der Waals surface area contributed by atoms with Crippen LogP contribution in [0.1, 0.15) is 5.56 Å². The molecule has 1 N–H and O–H groups in total. The zero-order valence-electron chi connectivity index (χ0n) is 9.58. The summed E-state index contributed by atoms with van der Waals surface area (Å²) in [6.07, 6.45) is -5.69. The minimum absolute atomic E-state index is 0.232. The number of alkyl halides is 3. The third-order valence-corrected chi connectivity index (χ3v) is 1.92. The predicted octanol–water partition coefficient (Wildman–Crippen LogP) is 2.94. The number of para-hydroxylation sites is 1. The molecule has 0 fully saturated rings. The molecule has 4 nitrogen and oxygen atoms in total. The molecule has 0 bridgehead atoms. The van der Waals surface area contributed by atoms with Gasteiger partial charge >= 0.3 is 12.3 Å². The minimum Gasteiger partial charge on any atom is -0.440 e. The molecule has 18 heavy (non-hydrogen) atoms. The lowest BCUT2D eigenvalue weighted by Gasteiger charge is -2.11. The number of carbonyl (C=O) groups excluding carboxylic acids is 1. The van der Waals surface area contributed by atoms with Crippen LogP contribution >= 0.6 is 0 Å². The Labute approximate surface area is 102 Å². The van der Waals surface area contributed by atoms with Gasteiger partial charge in [-0.25, -0.2) is 4.79 Å². The van der Waals surface area contributed by atoms with Crippen molar-refractivity contribution in [2.45, 2.75) is 12.8 Å². The zero-order chi connectivity index (χ0) is 13.6. The van der Waals surface area contributed by atoms with Crippen molar-refractivity contribution in [3.8, 4) is 0 Å². The van der Waals surface area contributed by atoms with E-state index in [0.717, 1.165) is 0 Å². The topological polar surface area (TPSA) is 47.6 Å². The summed E-state index contributed by atoms with van der Waals surface area (Å²) in [5.74, 6) is 0. The van der Waals surface area contributed by atoms with Gasteiger partial charge in [0.25, 0.3) is 0 Å². The van der Waals surface area contributed by atoms with E-state index in [1.807, 2.05) is 0 Å². The van der Waals surface area contributed by atoms with Crippen LogP contribution in [0.4, 0.5) is 23.7 Å². The lowest BCUT2D eigenvalue weighted by molar-refractivity contribution is -0.159. The molecule has 0 radical (unpaired) electrons. The predicted molar refractivity (Wildman–Crippen MR) is 58.2 cm³/mol. The van der Waals surface area contributed by atoms with Crippen LogP contribution in [0.2, 0.25) is 0 Å². The maximum Gasteiger partial charge on any atom is 0.422 e. The highest BCUT2D eigenvalue weighted by atomic mass is 19.4. The first-order valence-electron chi connectivity index (χ1n) is 5.00. The number of halogens is 3. The summed E-state index contributed by atoms with van der Waals surface area (Å²) in [5.41, 5.74) is 0.996. The zero-order valence-corrected chi connectivity index (χ0v) is 9.58. The summed E-state index contributed by atoms with van der Waals surface area (Å²) in [6, 6.07) is 6.59. The Morgan fingerprint density at radius 3 is 2.61 bits per heavy atom. The second-order valence-electron chi connectivity index (χ2n) is 3.41. The highest BCUT2D eigenvalue weighted by Gasteiger charge is 2.29. The number of carbonyl (C=O) groups is 1. The Hall–Kier alpha value is -1.76. The maximum atomic E-state index is 11.8. The van der Waals surface area contributed by atoms with Crippen LogP contribution in [0.3, 0.4) is 0 Å². The summed E-state index contributed by atoms with van der Waals surface area (Å²) in [6.45, 7) is -1.39. The maximum absolute atomic E-state index is 11.8. The molecular weight excluding hydrogens is 251 g/mol. The summed E-state index contributed by atoms with van der Waals surface area (Å²) >= 11 is 0. The number of hydrogen-bond acceptors (Lipinski definition) is 3. The van der Waals surface area contributed by atoms with Gasteiger partial charge in [0.15, 0.2) is 6.61 Å². The van der Waals surface area contributed by atoms with E-state index in [1.165, 1.54) is 7.11 Å². The Kier molecular flexibility index (Phi) is 4.96. The van der Waals surface area contributed by atoms with Gasteiger partial charge in [0.1, 0.15) is 0 Å². The van der Waals surface area contributed by atoms with Gasteiger partial charge in [-0.15, -0.1) is 0 Å². The number of ether oxygens (including phenoxy) is 2. The molecule has 0 aliphatic carbocycles. The summed E-state index contributed by atoms with van der Waals surface area (Å²) in [5, 5.41) is 2.23. The van der Waals surface area contributed by atoms with E-state index in [-0.39, 0.29) is 6.61 Å². The van der Waals surface area contributed by atoms with Crippen molar-refractivity contribution in [2.75, 3.05) is 19.0 Å². The third-order valence-electron chi connectivity index (χ3n) is 1.92. The van der Waals surface area contributed by atoms with Crippen molar-refractivity contribution >= 4 is 11.8 Å². The molecule has 0 unspecified atom stereocenters. The van der Waals surface area contributed by atoms with Crippen LogP contribution in [0, 0.1) is 0 Å². The molecule has 0 aliphatic heterocycles. The van der Waals surface area contributed by atoms with Gasteiger partial charge < -0.3 is 9.47 Å². The Morgan fingerprint density at radius 2 is 2.00 bits per heavy atom. The monoisotopic (exact) mass is 263 g/mol. The van der Waals surface area contributed by atoms with E-state index in [4.69, 9.17) is 4.74 Å². The first-order chi connectivity index (χ1) is 8.42. The van der Waals surface area contributed by atoms with Crippen molar-refractivity contribution in [1.29, 1.82) is 0 Å². The molecule has 0 saturated heterocycles. The normalized spacial score (nSPS) is 11.1. The average molecular weight is 263 g/mol. The van der Waals surface area contributed by atoms with E-state index in [2.05, 4.69) is 10.1 Å². The Morgan fingerprint density at radius 1 is 1.33 bits per heavy atom. The fraction of sp³-hybridized carbons (Fsp3) is 0.364. The van der Waals surface area contributed by atoms with Gasteiger partial charge in [0, 0.05) is 18.4 Å². The van der Waals surface area contributed by atoms with Gasteiger partial charge in [-0.3, -0.25) is 5.32 Å². The standard InChI is InChI=1S/C11H12F3NO3/c1-17-6-8-4-2-3-5-9(8)15-10(16)18-7-11(12,13)14/h2-5H,6-7H2,1H3,(H,15,16). The molecule has 0 aromatic heterocycles. The number of amides is 1. The van der Waals surface area contributed by atoms with Gasteiger partial charge in [0.05, 0.1) is 6.61 Å². The van der Waals surface area contributed by atoms with Gasteiger partial charge in [0.2, 0.25) is 0 Å². The minimum atomic E-state index is -4.54. The van der Waals surface area contributed by atoms with E-state index < -0.39 is 18.9 Å². The Balaban J connectivity index is 2.59. The quantitative estimate of drug-likeness (QED) is 0.908. The van der Waals surface area contributed by atoms with E-state index >= 15 is 0 Å². The van der Waals surface area contributed by atoms with Crippen molar-refractivity contribution in [3.05, 3.63) is 29.8 Å². The van der Waals surface area contributed by atoms with Crippen molar-refractivity contribution < 1.29 is 27.4 Å². The van der Waals surface area contributed by atoms with Crippen LogP contribution < -0.4 is 5.32 Å². The summed E-state index contributed by atoms with van der Waals surface area (Å²) in [7, 11) is 1.47. The highest BCUT2D eigenvalue weighted by molar-refractivity contribution is 5.85. The lowest BCUT2D eigenvalue weighted by Crippen LogP contribution is -2.23. The van der Waals surface area contributed by atoms with Crippen molar-refractivity contribution in [1.82, 2.24) is 0 Å². The number of methoxy groups -OCH3 is 1. The molecule has 1 rings (SSSR count). The number of anilines is 1. The molecular formula is C11H12F3NO3. The molecule has 1 amide bonds. The Bertz CT molecular complexity index is 407. The van der Waals surface area contributed by atoms with Gasteiger partial charge in [-0.2, -0.15) is 13.2 Å². The van der Waals surface area contributed by atoms with Crippen LogP contribution in [-0.2, 0) is 16.1 Å². The molecule has 7 heteroatoms. The molecule has 0 aliphatic rings. The molecule has 0 atom stereocenters. The number of nitrogens with one attached hydrogen (secondary N) is 1. The van der Waals surface area contributed by atoms with E-state index in [9.17, 15) is 18.0 Å². The average Bonchev–Trinajstić information content (AvgIpc) is 2.29. The second kappa shape index (κ2) is 6.25. The smallest absolute Gasteiger partial charge is 0.422 e. The van der Waals surface area contributed by atoms with Crippen LogP contribution in [-0.4, -0.2) is 26.0 Å². The number of benzene rings is 1. The lowest BCUT2D eigenvalue weighted by atomic mass is 10.2. The number of hydrogen-bond donors (Lipinski definition) is 1. The fourth-order valence-electron chi connectivity index (χ4n) is 1.22. The molecule has 0 heterocycles. The van der Waals surface area contributed by atoms with Crippen molar-refractivity contribution in [2.24, 2.45) is 0 Å². The van der Waals surface area contributed by atoms with Gasteiger partial charge in [-0.05, 0) is 6.07 Å². The first kappa shape index (κ1) is 14.3. The second-order valence-corrected chi connectivity index (χ2v) is 3.41. The van der Waals surface area contributed by atoms with Crippen LogP contribution in [0.25, 0.3) is 0 Å². The van der Waals surface area contributed by atoms with Crippen LogP contribution in [0.15, 0.2) is 24.3 Å². The molecule has 0 saturated carbocycles. The molecule has 1 aromatic rings. The highest BCUT2D eigenvalue weighted by Crippen LogP contribution is 2.18. The van der Waals surface area contributed by atoms with Crippen LogP contribution in [0.5, 0.6) is 0 Å². The fourth-order valence-corrected chi connectivity index (χ4v) is 1.22. The number of rotatable bonds is 4. The van der Waals surface area contributed by atoms with Gasteiger partial charge in [-0.1, -0.05) is 18.2 Å². The first-order valence-corrected chi connectivity index (χ1v) is 5.00. The van der Waals surface area contributed by atoms with E-state index in [0.29, 0.717) is 11.3 Å². The molecule has 100 valence electrons. The largest absolute Gasteiger partial charge is 0.440 e. The van der Waals surface area contributed by atoms with E-state index in [1.54, 1.807) is 24.3 Å². The third kappa shape index (κ3) is 5.05. The molecule has 1 aromatic carbocycles. The SMILES string of the molecule is COCc1ccccc1NC(=O)OCC(F)(F)F. The van der Waals surface area contributed by atoms with Crippen molar-refractivity contribution in [3.63, 3.8) is 0 Å². The summed E-state index contributed by atoms with van der Waals surface area (Å²) in [4.78, 5) is 11.1.